The summed E-state index contributed by atoms with van der Waals surface area (Å²) in [6, 6.07) is 8.42. The van der Waals surface area contributed by atoms with Crippen LogP contribution in [0.5, 0.6) is 0 Å². The first-order valence-corrected chi connectivity index (χ1v) is 7.74. The highest BCUT2D eigenvalue weighted by Crippen LogP contribution is 2.27. The Balaban J connectivity index is 1.81. The predicted octanol–water partition coefficient (Wildman–Crippen LogP) is 2.56. The Morgan fingerprint density at radius 2 is 2.05 bits per heavy atom. The molecular weight excluding hydrogens is 248 g/mol. The van der Waals surface area contributed by atoms with E-state index in [1.165, 1.54) is 36.8 Å². The first kappa shape index (κ1) is 15.0. The summed E-state index contributed by atoms with van der Waals surface area (Å²) in [4.78, 5) is 12.1. The SMILES string of the molecule is Cc1ccccc1CCC(=O)NC(CN)C1CCCC1. The molecule has 0 saturated heterocycles. The molecule has 3 N–H and O–H groups in total. The Bertz CT molecular complexity index is 438. The topological polar surface area (TPSA) is 55.1 Å². The molecule has 1 aromatic rings. The van der Waals surface area contributed by atoms with Crippen LogP contribution in [0, 0.1) is 12.8 Å². The molecule has 0 heterocycles. The number of nitrogens with two attached hydrogens (primary N) is 1. The quantitative estimate of drug-likeness (QED) is 0.837. The first-order chi connectivity index (χ1) is 9.70. The smallest absolute Gasteiger partial charge is 0.220 e. The van der Waals surface area contributed by atoms with Gasteiger partial charge in [-0.2, -0.15) is 0 Å². The summed E-state index contributed by atoms with van der Waals surface area (Å²) >= 11 is 0. The summed E-state index contributed by atoms with van der Waals surface area (Å²) < 4.78 is 0. The van der Waals surface area contributed by atoms with Crippen molar-refractivity contribution in [3.05, 3.63) is 35.4 Å². The van der Waals surface area contributed by atoms with Gasteiger partial charge in [-0.05, 0) is 43.2 Å². The van der Waals surface area contributed by atoms with E-state index in [0.717, 1.165) is 6.42 Å². The third kappa shape index (κ3) is 4.07. The highest BCUT2D eigenvalue weighted by molar-refractivity contribution is 5.76. The number of carbonyl (C=O) groups excluding carboxylic acids is 1. The number of hydrogen-bond donors (Lipinski definition) is 2. The number of benzene rings is 1. The van der Waals surface area contributed by atoms with Gasteiger partial charge in [0.15, 0.2) is 0 Å². The number of amides is 1. The maximum atomic E-state index is 12.1. The van der Waals surface area contributed by atoms with E-state index in [1.807, 2.05) is 12.1 Å². The largest absolute Gasteiger partial charge is 0.352 e. The Hall–Kier alpha value is -1.35. The van der Waals surface area contributed by atoms with Crippen molar-refractivity contribution in [1.29, 1.82) is 0 Å². The molecule has 0 bridgehead atoms. The monoisotopic (exact) mass is 274 g/mol. The number of rotatable bonds is 6. The minimum absolute atomic E-state index is 0.135. The molecule has 1 unspecified atom stereocenters. The summed E-state index contributed by atoms with van der Waals surface area (Å²) in [5.74, 6) is 0.720. The summed E-state index contributed by atoms with van der Waals surface area (Å²) in [5.41, 5.74) is 8.33. The van der Waals surface area contributed by atoms with Gasteiger partial charge in [0.05, 0.1) is 0 Å². The molecule has 1 aromatic carbocycles. The van der Waals surface area contributed by atoms with Crippen LogP contribution in [0.15, 0.2) is 24.3 Å². The molecule has 0 aliphatic heterocycles. The number of nitrogens with one attached hydrogen (secondary N) is 1. The van der Waals surface area contributed by atoms with Gasteiger partial charge < -0.3 is 11.1 Å². The van der Waals surface area contributed by atoms with Gasteiger partial charge in [0.25, 0.3) is 0 Å². The van der Waals surface area contributed by atoms with Crippen LogP contribution < -0.4 is 11.1 Å². The molecule has 1 saturated carbocycles. The second-order valence-electron chi connectivity index (χ2n) is 5.88. The van der Waals surface area contributed by atoms with Gasteiger partial charge in [0.1, 0.15) is 0 Å². The second-order valence-corrected chi connectivity index (χ2v) is 5.88. The highest BCUT2D eigenvalue weighted by Gasteiger charge is 2.24. The van der Waals surface area contributed by atoms with Crippen molar-refractivity contribution in [2.45, 2.75) is 51.5 Å². The van der Waals surface area contributed by atoms with E-state index in [2.05, 4.69) is 24.4 Å². The van der Waals surface area contributed by atoms with E-state index in [9.17, 15) is 4.79 Å². The van der Waals surface area contributed by atoms with Gasteiger partial charge in [-0.3, -0.25) is 4.79 Å². The molecule has 1 amide bonds. The van der Waals surface area contributed by atoms with E-state index in [1.54, 1.807) is 0 Å². The van der Waals surface area contributed by atoms with Crippen molar-refractivity contribution < 1.29 is 4.79 Å². The van der Waals surface area contributed by atoms with E-state index < -0.39 is 0 Å². The zero-order valence-corrected chi connectivity index (χ0v) is 12.4. The van der Waals surface area contributed by atoms with Crippen LogP contribution in [0.1, 0.15) is 43.2 Å². The molecule has 1 aliphatic rings. The summed E-state index contributed by atoms with van der Waals surface area (Å²) in [7, 11) is 0. The van der Waals surface area contributed by atoms with Crippen molar-refractivity contribution in [2.24, 2.45) is 11.7 Å². The molecule has 1 fully saturated rings. The Labute approximate surface area is 121 Å². The fourth-order valence-corrected chi connectivity index (χ4v) is 3.15. The average molecular weight is 274 g/mol. The molecule has 1 aliphatic carbocycles. The van der Waals surface area contributed by atoms with E-state index in [0.29, 0.717) is 18.9 Å². The normalized spacial score (nSPS) is 17.1. The van der Waals surface area contributed by atoms with Gasteiger partial charge in [0, 0.05) is 19.0 Å². The molecule has 3 heteroatoms. The van der Waals surface area contributed by atoms with Crippen molar-refractivity contribution >= 4 is 5.91 Å². The van der Waals surface area contributed by atoms with Crippen LogP contribution in [0.25, 0.3) is 0 Å². The zero-order valence-electron chi connectivity index (χ0n) is 12.4. The molecule has 0 aromatic heterocycles. The zero-order chi connectivity index (χ0) is 14.4. The number of aryl methyl sites for hydroxylation is 2. The lowest BCUT2D eigenvalue weighted by Crippen LogP contribution is -2.44. The number of carbonyl (C=O) groups is 1. The maximum absolute atomic E-state index is 12.1. The number of hydrogen-bond acceptors (Lipinski definition) is 2. The fourth-order valence-electron chi connectivity index (χ4n) is 3.15. The third-order valence-corrected chi connectivity index (χ3v) is 4.45. The molecular formula is C17H26N2O. The van der Waals surface area contributed by atoms with Crippen LogP contribution in [-0.4, -0.2) is 18.5 Å². The molecule has 3 nitrogen and oxygen atoms in total. The van der Waals surface area contributed by atoms with Crippen LogP contribution in [0.4, 0.5) is 0 Å². The predicted molar refractivity (Wildman–Crippen MR) is 82.4 cm³/mol. The maximum Gasteiger partial charge on any atom is 0.220 e. The van der Waals surface area contributed by atoms with Crippen LogP contribution in [0.3, 0.4) is 0 Å². The van der Waals surface area contributed by atoms with Crippen molar-refractivity contribution in [3.8, 4) is 0 Å². The van der Waals surface area contributed by atoms with Gasteiger partial charge in [-0.15, -0.1) is 0 Å². The highest BCUT2D eigenvalue weighted by atomic mass is 16.1. The van der Waals surface area contributed by atoms with Crippen molar-refractivity contribution in [3.63, 3.8) is 0 Å². The lowest BCUT2D eigenvalue weighted by molar-refractivity contribution is -0.122. The fraction of sp³-hybridized carbons (Fsp3) is 0.588. The minimum Gasteiger partial charge on any atom is -0.352 e. The molecule has 0 radical (unpaired) electrons. The standard InChI is InChI=1S/C17H26N2O/c1-13-6-2-3-7-14(13)10-11-17(20)19-16(12-18)15-8-4-5-9-15/h2-3,6-7,15-16H,4-5,8-12,18H2,1H3,(H,19,20). The molecule has 0 spiro atoms. The van der Waals surface area contributed by atoms with Gasteiger partial charge in [0.2, 0.25) is 5.91 Å². The summed E-state index contributed by atoms with van der Waals surface area (Å²) in [6.07, 6.45) is 6.33. The van der Waals surface area contributed by atoms with Crippen LogP contribution in [-0.2, 0) is 11.2 Å². The molecule has 110 valence electrons. The van der Waals surface area contributed by atoms with E-state index in [-0.39, 0.29) is 11.9 Å². The van der Waals surface area contributed by atoms with Crippen molar-refractivity contribution in [2.75, 3.05) is 6.54 Å². The van der Waals surface area contributed by atoms with Crippen molar-refractivity contribution in [1.82, 2.24) is 5.32 Å². The Morgan fingerprint density at radius 3 is 2.70 bits per heavy atom. The molecule has 2 rings (SSSR count). The lowest BCUT2D eigenvalue weighted by Gasteiger charge is -2.23. The van der Waals surface area contributed by atoms with Gasteiger partial charge in [-0.25, -0.2) is 0 Å². The third-order valence-electron chi connectivity index (χ3n) is 4.45. The summed E-state index contributed by atoms with van der Waals surface area (Å²) in [5, 5.41) is 3.13. The van der Waals surface area contributed by atoms with Crippen LogP contribution in [0.2, 0.25) is 0 Å². The van der Waals surface area contributed by atoms with Crippen LogP contribution >= 0.6 is 0 Å². The van der Waals surface area contributed by atoms with Gasteiger partial charge in [-0.1, -0.05) is 37.1 Å². The van der Waals surface area contributed by atoms with E-state index >= 15 is 0 Å². The van der Waals surface area contributed by atoms with Gasteiger partial charge >= 0.3 is 0 Å². The Morgan fingerprint density at radius 1 is 1.35 bits per heavy atom. The lowest BCUT2D eigenvalue weighted by atomic mass is 9.97. The minimum atomic E-state index is 0.135. The Kier molecular flexibility index (Phi) is 5.60. The molecule has 1 atom stereocenters. The van der Waals surface area contributed by atoms with E-state index in [4.69, 9.17) is 5.73 Å². The second kappa shape index (κ2) is 7.44. The average Bonchev–Trinajstić information content (AvgIpc) is 2.98. The first-order valence-electron chi connectivity index (χ1n) is 7.74. The molecule has 20 heavy (non-hydrogen) atoms. The summed E-state index contributed by atoms with van der Waals surface area (Å²) in [6.45, 7) is 2.65.